The van der Waals surface area contributed by atoms with Crippen LogP contribution < -0.4 is 5.32 Å². The molecular weight excluding hydrogens is 272 g/mol. The van der Waals surface area contributed by atoms with Crippen LogP contribution in [0.15, 0.2) is 12.7 Å². The van der Waals surface area contributed by atoms with Gasteiger partial charge in [0.05, 0.1) is 5.39 Å². The fourth-order valence-electron chi connectivity index (χ4n) is 2.11. The topological polar surface area (TPSA) is 68.5 Å². The van der Waals surface area contributed by atoms with Crippen LogP contribution in [0.1, 0.15) is 16.3 Å². The largest absolute Gasteiger partial charge is 0.369 e. The van der Waals surface area contributed by atoms with Crippen LogP contribution in [0, 0.1) is 13.8 Å². The lowest BCUT2D eigenvalue weighted by atomic mass is 10.2. The highest BCUT2D eigenvalue weighted by Gasteiger charge is 2.11. The van der Waals surface area contributed by atoms with Gasteiger partial charge >= 0.3 is 0 Å². The summed E-state index contributed by atoms with van der Waals surface area (Å²) in [4.78, 5) is 15.2. The van der Waals surface area contributed by atoms with Gasteiger partial charge in [-0.1, -0.05) is 0 Å². The van der Waals surface area contributed by atoms with Gasteiger partial charge in [-0.15, -0.1) is 11.3 Å². The molecule has 20 heavy (non-hydrogen) atoms. The van der Waals surface area contributed by atoms with Gasteiger partial charge < -0.3 is 5.32 Å². The van der Waals surface area contributed by atoms with Crippen LogP contribution in [0.2, 0.25) is 0 Å². The molecular formula is C13H16N6S. The summed E-state index contributed by atoms with van der Waals surface area (Å²) in [6.45, 7) is 4.98. The predicted octanol–water partition coefficient (Wildman–Crippen LogP) is 2.09. The van der Waals surface area contributed by atoms with Gasteiger partial charge in [0.25, 0.3) is 0 Å². The van der Waals surface area contributed by atoms with Crippen LogP contribution >= 0.6 is 11.3 Å². The molecule has 0 aliphatic rings. The van der Waals surface area contributed by atoms with E-state index in [9.17, 15) is 0 Å². The van der Waals surface area contributed by atoms with Crippen LogP contribution in [0.25, 0.3) is 10.2 Å². The zero-order chi connectivity index (χ0) is 14.1. The maximum Gasteiger partial charge on any atom is 0.152 e. The first-order valence-electron chi connectivity index (χ1n) is 6.44. The Labute approximate surface area is 120 Å². The molecule has 1 N–H and O–H groups in total. The molecule has 0 spiro atoms. The van der Waals surface area contributed by atoms with E-state index >= 15 is 0 Å². The van der Waals surface area contributed by atoms with Gasteiger partial charge in [-0.3, -0.25) is 4.68 Å². The predicted molar refractivity (Wildman–Crippen MR) is 80.1 cm³/mol. The normalized spacial score (nSPS) is 11.2. The van der Waals surface area contributed by atoms with E-state index < -0.39 is 0 Å². The number of fused-ring (bicyclic) bond motifs is 1. The third-order valence-electron chi connectivity index (χ3n) is 3.25. The van der Waals surface area contributed by atoms with E-state index in [1.807, 2.05) is 7.05 Å². The number of anilines is 1. The summed E-state index contributed by atoms with van der Waals surface area (Å²) in [6, 6.07) is 0. The zero-order valence-electron chi connectivity index (χ0n) is 11.7. The van der Waals surface area contributed by atoms with Crippen molar-refractivity contribution >= 4 is 27.4 Å². The first kappa shape index (κ1) is 13.0. The van der Waals surface area contributed by atoms with Crippen molar-refractivity contribution in [1.29, 1.82) is 0 Å². The van der Waals surface area contributed by atoms with Gasteiger partial charge in [-0.25, -0.2) is 15.0 Å². The number of hydrogen-bond acceptors (Lipinski definition) is 6. The summed E-state index contributed by atoms with van der Waals surface area (Å²) in [6.07, 6.45) is 4.10. The minimum atomic E-state index is 0.754. The molecule has 104 valence electrons. The van der Waals surface area contributed by atoms with E-state index in [-0.39, 0.29) is 0 Å². The molecule has 3 aromatic heterocycles. The Morgan fingerprint density at radius 1 is 1.25 bits per heavy atom. The molecule has 0 atom stereocenters. The molecule has 0 fully saturated rings. The van der Waals surface area contributed by atoms with Crippen molar-refractivity contribution in [3.63, 3.8) is 0 Å². The smallest absolute Gasteiger partial charge is 0.152 e. The molecule has 3 aromatic rings. The fourth-order valence-corrected chi connectivity index (χ4v) is 3.10. The number of aromatic nitrogens is 5. The van der Waals surface area contributed by atoms with E-state index in [0.717, 1.165) is 34.8 Å². The monoisotopic (exact) mass is 288 g/mol. The summed E-state index contributed by atoms with van der Waals surface area (Å²) >= 11 is 1.71. The quantitative estimate of drug-likeness (QED) is 0.796. The second-order valence-electron chi connectivity index (χ2n) is 4.70. The fraction of sp³-hybridized carbons (Fsp3) is 0.385. The van der Waals surface area contributed by atoms with Gasteiger partial charge in [0, 0.05) is 24.9 Å². The average molecular weight is 288 g/mol. The minimum absolute atomic E-state index is 0.754. The van der Waals surface area contributed by atoms with Gasteiger partial charge in [0.15, 0.2) is 5.82 Å². The Kier molecular flexibility index (Phi) is 3.35. The number of hydrogen-bond donors (Lipinski definition) is 1. The summed E-state index contributed by atoms with van der Waals surface area (Å²) in [7, 11) is 1.87. The van der Waals surface area contributed by atoms with Crippen LogP contribution in [0.5, 0.6) is 0 Å². The van der Waals surface area contributed by atoms with E-state index in [0.29, 0.717) is 0 Å². The molecule has 3 rings (SSSR count). The SMILES string of the molecule is Cc1sc2ncnc(NCCc3ncn(C)n3)c2c1C. The second-order valence-corrected chi connectivity index (χ2v) is 5.90. The van der Waals surface area contributed by atoms with E-state index in [4.69, 9.17) is 0 Å². The van der Waals surface area contributed by atoms with Crippen molar-refractivity contribution in [1.82, 2.24) is 24.7 Å². The Morgan fingerprint density at radius 2 is 2.10 bits per heavy atom. The molecule has 7 heteroatoms. The summed E-state index contributed by atoms with van der Waals surface area (Å²) < 4.78 is 1.71. The molecule has 0 aliphatic heterocycles. The van der Waals surface area contributed by atoms with Crippen molar-refractivity contribution in [2.24, 2.45) is 7.05 Å². The highest BCUT2D eigenvalue weighted by Crippen LogP contribution is 2.32. The second kappa shape index (κ2) is 5.16. The molecule has 0 saturated heterocycles. The minimum Gasteiger partial charge on any atom is -0.369 e. The Hall–Kier alpha value is -2.02. The van der Waals surface area contributed by atoms with Crippen molar-refractivity contribution in [2.75, 3.05) is 11.9 Å². The van der Waals surface area contributed by atoms with Crippen molar-refractivity contribution < 1.29 is 0 Å². The molecule has 0 amide bonds. The molecule has 0 radical (unpaired) electrons. The van der Waals surface area contributed by atoms with E-state index in [1.165, 1.54) is 10.4 Å². The Balaban J connectivity index is 1.77. The summed E-state index contributed by atoms with van der Waals surface area (Å²) in [5, 5.41) is 8.76. The number of nitrogens with zero attached hydrogens (tertiary/aromatic N) is 5. The molecule has 0 bridgehead atoms. The maximum absolute atomic E-state index is 4.36. The zero-order valence-corrected chi connectivity index (χ0v) is 12.5. The summed E-state index contributed by atoms with van der Waals surface area (Å²) in [5.41, 5.74) is 1.25. The van der Waals surface area contributed by atoms with Gasteiger partial charge in [0.1, 0.15) is 23.3 Å². The molecule has 3 heterocycles. The van der Waals surface area contributed by atoms with Crippen molar-refractivity contribution in [3.8, 4) is 0 Å². The molecule has 6 nitrogen and oxygen atoms in total. The highest BCUT2D eigenvalue weighted by atomic mass is 32.1. The van der Waals surface area contributed by atoms with Gasteiger partial charge in [-0.05, 0) is 19.4 Å². The standard InChI is InChI=1S/C13H16N6S/c1-8-9(2)20-13-11(8)12(15-6-16-13)14-5-4-10-17-7-19(3)18-10/h6-7H,4-5H2,1-3H3,(H,14,15,16). The van der Waals surface area contributed by atoms with Crippen LogP contribution in [-0.4, -0.2) is 31.3 Å². The molecule has 0 unspecified atom stereocenters. The Bertz CT molecular complexity index is 744. The number of nitrogens with one attached hydrogen (secondary N) is 1. The molecule has 0 aromatic carbocycles. The Morgan fingerprint density at radius 3 is 2.85 bits per heavy atom. The van der Waals surface area contributed by atoms with Crippen LogP contribution in [0.3, 0.4) is 0 Å². The molecule has 0 aliphatic carbocycles. The number of rotatable bonds is 4. The summed E-state index contributed by atoms with van der Waals surface area (Å²) in [5.74, 6) is 1.73. The highest BCUT2D eigenvalue weighted by molar-refractivity contribution is 7.18. The first-order valence-corrected chi connectivity index (χ1v) is 7.26. The maximum atomic E-state index is 4.36. The van der Waals surface area contributed by atoms with Crippen LogP contribution in [-0.2, 0) is 13.5 Å². The van der Waals surface area contributed by atoms with Crippen LogP contribution in [0.4, 0.5) is 5.82 Å². The van der Waals surface area contributed by atoms with Gasteiger partial charge in [0.2, 0.25) is 0 Å². The van der Waals surface area contributed by atoms with Crippen molar-refractivity contribution in [2.45, 2.75) is 20.3 Å². The van der Waals surface area contributed by atoms with E-state index in [1.54, 1.807) is 28.7 Å². The lowest BCUT2D eigenvalue weighted by molar-refractivity contribution is 0.742. The lowest BCUT2D eigenvalue weighted by Gasteiger charge is -2.05. The number of thiophene rings is 1. The number of aryl methyl sites for hydroxylation is 3. The van der Waals surface area contributed by atoms with E-state index in [2.05, 4.69) is 39.2 Å². The third-order valence-corrected chi connectivity index (χ3v) is 4.37. The van der Waals surface area contributed by atoms with Gasteiger partial charge in [-0.2, -0.15) is 5.10 Å². The lowest BCUT2D eigenvalue weighted by Crippen LogP contribution is -2.08. The first-order chi connectivity index (χ1) is 9.65. The average Bonchev–Trinajstić information content (AvgIpc) is 2.95. The molecule has 0 saturated carbocycles. The van der Waals surface area contributed by atoms with Crippen molar-refractivity contribution in [3.05, 3.63) is 28.9 Å². The third kappa shape index (κ3) is 2.36.